The fourth-order valence-electron chi connectivity index (χ4n) is 1.59. The largest absolute Gasteiger partial charge is 0.354 e. The zero-order valence-corrected chi connectivity index (χ0v) is 12.0. The second kappa shape index (κ2) is 5.43. The second-order valence-electron chi connectivity index (χ2n) is 3.91. The molecule has 2 aromatic carbocycles. The summed E-state index contributed by atoms with van der Waals surface area (Å²) in [5.74, 6) is 0. The highest BCUT2D eigenvalue weighted by Crippen LogP contribution is 2.30. The first-order valence-electron chi connectivity index (χ1n) is 5.33. The number of benzene rings is 2. The summed E-state index contributed by atoms with van der Waals surface area (Å²) in [7, 11) is 0. The van der Waals surface area contributed by atoms with E-state index in [0.29, 0.717) is 10.6 Å². The van der Waals surface area contributed by atoms with Crippen LogP contribution in [0.5, 0.6) is 0 Å². The van der Waals surface area contributed by atoms with Gasteiger partial charge in [-0.3, -0.25) is 0 Å². The lowest BCUT2D eigenvalue weighted by Gasteiger charge is -2.11. The predicted molar refractivity (Wildman–Crippen MR) is 78.3 cm³/mol. The van der Waals surface area contributed by atoms with Crippen molar-refractivity contribution < 1.29 is 0 Å². The number of hydrogen-bond acceptors (Lipinski definition) is 2. The number of halogens is 2. The molecule has 1 N–H and O–H groups in total. The van der Waals surface area contributed by atoms with Gasteiger partial charge in [0.15, 0.2) is 0 Å². The molecule has 0 aromatic heterocycles. The Bertz CT molecular complexity index is 632. The number of anilines is 2. The van der Waals surface area contributed by atoms with Gasteiger partial charge in [-0.15, -0.1) is 0 Å². The Kier molecular flexibility index (Phi) is 3.90. The minimum atomic E-state index is 0.613. The van der Waals surface area contributed by atoms with E-state index in [1.54, 1.807) is 6.07 Å². The Balaban J connectivity index is 2.40. The van der Waals surface area contributed by atoms with Crippen LogP contribution in [0.1, 0.15) is 11.1 Å². The van der Waals surface area contributed by atoms with Crippen molar-refractivity contribution in [3.8, 4) is 6.07 Å². The number of nitriles is 1. The van der Waals surface area contributed by atoms with Crippen LogP contribution in [0.3, 0.4) is 0 Å². The average Bonchev–Trinajstić information content (AvgIpc) is 2.33. The van der Waals surface area contributed by atoms with Gasteiger partial charge >= 0.3 is 0 Å². The van der Waals surface area contributed by atoms with Crippen molar-refractivity contribution in [2.24, 2.45) is 0 Å². The van der Waals surface area contributed by atoms with E-state index in [9.17, 15) is 0 Å². The lowest BCUT2D eigenvalue weighted by Crippen LogP contribution is -1.95. The maximum absolute atomic E-state index is 9.08. The van der Waals surface area contributed by atoms with Gasteiger partial charge in [0.05, 0.1) is 16.9 Å². The number of nitrogens with zero attached hydrogens (tertiary/aromatic N) is 1. The van der Waals surface area contributed by atoms with Gasteiger partial charge in [-0.2, -0.15) is 5.26 Å². The monoisotopic (exact) mass is 320 g/mol. The highest BCUT2D eigenvalue weighted by atomic mass is 79.9. The van der Waals surface area contributed by atoms with Gasteiger partial charge in [0.2, 0.25) is 0 Å². The molecule has 4 heteroatoms. The van der Waals surface area contributed by atoms with Gasteiger partial charge in [0, 0.05) is 9.50 Å². The van der Waals surface area contributed by atoms with Gasteiger partial charge < -0.3 is 5.32 Å². The lowest BCUT2D eigenvalue weighted by molar-refractivity contribution is 1.40. The van der Waals surface area contributed by atoms with Gasteiger partial charge in [-0.1, -0.05) is 17.7 Å². The molecular weight excluding hydrogens is 312 g/mol. The highest BCUT2D eigenvalue weighted by Gasteiger charge is 2.05. The van der Waals surface area contributed by atoms with Crippen LogP contribution in [0.15, 0.2) is 40.9 Å². The molecule has 2 rings (SSSR count). The molecule has 0 atom stereocenters. The molecule has 2 aromatic rings. The van der Waals surface area contributed by atoms with E-state index in [-0.39, 0.29) is 0 Å². The summed E-state index contributed by atoms with van der Waals surface area (Å²) in [5, 5.41) is 13.0. The Hall–Kier alpha value is -1.50. The van der Waals surface area contributed by atoms with E-state index in [4.69, 9.17) is 16.9 Å². The molecule has 0 unspecified atom stereocenters. The zero-order valence-electron chi connectivity index (χ0n) is 9.67. The first kappa shape index (κ1) is 12.9. The third kappa shape index (κ3) is 2.84. The molecule has 18 heavy (non-hydrogen) atoms. The lowest BCUT2D eigenvalue weighted by atomic mass is 10.1. The zero-order chi connectivity index (χ0) is 13.1. The Morgan fingerprint density at radius 3 is 2.61 bits per heavy atom. The number of rotatable bonds is 2. The van der Waals surface area contributed by atoms with Crippen molar-refractivity contribution >= 4 is 38.9 Å². The highest BCUT2D eigenvalue weighted by molar-refractivity contribution is 9.10. The predicted octanol–water partition coefficient (Wildman–Crippen LogP) is 5.03. The van der Waals surface area contributed by atoms with Crippen molar-refractivity contribution in [3.63, 3.8) is 0 Å². The van der Waals surface area contributed by atoms with Gasteiger partial charge in [0.25, 0.3) is 0 Å². The number of aryl methyl sites for hydroxylation is 1. The standard InChI is InChI=1S/C14H10BrClN2/c1-9-2-3-10(8-17)14(6-9)18-13-5-4-11(16)7-12(13)15/h2-7,18H,1H3. The molecule has 0 aliphatic heterocycles. The van der Waals surface area contributed by atoms with Crippen LogP contribution in [0.4, 0.5) is 11.4 Å². The van der Waals surface area contributed by atoms with Crippen LogP contribution in [0, 0.1) is 18.3 Å². The van der Waals surface area contributed by atoms with Gasteiger partial charge in [-0.05, 0) is 58.7 Å². The average molecular weight is 322 g/mol. The van der Waals surface area contributed by atoms with Crippen molar-refractivity contribution in [2.75, 3.05) is 5.32 Å². The molecule has 0 saturated carbocycles. The van der Waals surface area contributed by atoms with E-state index in [1.807, 2.05) is 37.3 Å². The van der Waals surface area contributed by atoms with Crippen molar-refractivity contribution in [2.45, 2.75) is 6.92 Å². The SMILES string of the molecule is Cc1ccc(C#N)c(Nc2ccc(Cl)cc2Br)c1. The molecule has 0 heterocycles. The molecule has 90 valence electrons. The maximum atomic E-state index is 9.08. The molecule has 0 aliphatic carbocycles. The van der Waals surface area contributed by atoms with Crippen LogP contribution in [-0.2, 0) is 0 Å². The van der Waals surface area contributed by atoms with Crippen LogP contribution < -0.4 is 5.32 Å². The Labute approximate surface area is 119 Å². The Morgan fingerprint density at radius 1 is 1.17 bits per heavy atom. The van der Waals surface area contributed by atoms with Gasteiger partial charge in [-0.25, -0.2) is 0 Å². The van der Waals surface area contributed by atoms with Crippen LogP contribution in [-0.4, -0.2) is 0 Å². The first-order chi connectivity index (χ1) is 8.60. The van der Waals surface area contributed by atoms with E-state index in [2.05, 4.69) is 27.3 Å². The van der Waals surface area contributed by atoms with Crippen LogP contribution >= 0.6 is 27.5 Å². The molecule has 0 bridgehead atoms. The number of hydrogen-bond donors (Lipinski definition) is 1. The molecule has 0 aliphatic rings. The molecular formula is C14H10BrClN2. The minimum Gasteiger partial charge on any atom is -0.354 e. The van der Waals surface area contributed by atoms with E-state index >= 15 is 0 Å². The minimum absolute atomic E-state index is 0.613. The summed E-state index contributed by atoms with van der Waals surface area (Å²) >= 11 is 9.33. The normalized spacial score (nSPS) is 9.89. The Morgan fingerprint density at radius 2 is 1.94 bits per heavy atom. The van der Waals surface area contributed by atoms with Crippen molar-refractivity contribution in [3.05, 3.63) is 57.0 Å². The van der Waals surface area contributed by atoms with E-state index in [1.165, 1.54) is 0 Å². The van der Waals surface area contributed by atoms with Crippen molar-refractivity contribution in [1.29, 1.82) is 5.26 Å². The summed E-state index contributed by atoms with van der Waals surface area (Å²) in [4.78, 5) is 0. The first-order valence-corrected chi connectivity index (χ1v) is 6.50. The quantitative estimate of drug-likeness (QED) is 0.842. The summed E-state index contributed by atoms with van der Waals surface area (Å²) in [6.45, 7) is 1.99. The summed E-state index contributed by atoms with van der Waals surface area (Å²) in [5.41, 5.74) is 3.38. The smallest absolute Gasteiger partial charge is 0.101 e. The molecule has 0 fully saturated rings. The maximum Gasteiger partial charge on any atom is 0.101 e. The fraction of sp³-hybridized carbons (Fsp3) is 0.0714. The van der Waals surface area contributed by atoms with Crippen LogP contribution in [0.2, 0.25) is 5.02 Å². The molecule has 2 nitrogen and oxygen atoms in total. The summed E-state index contributed by atoms with van der Waals surface area (Å²) in [6.07, 6.45) is 0. The van der Waals surface area contributed by atoms with Crippen LogP contribution in [0.25, 0.3) is 0 Å². The topological polar surface area (TPSA) is 35.8 Å². The third-order valence-electron chi connectivity index (χ3n) is 2.50. The van der Waals surface area contributed by atoms with E-state index < -0.39 is 0 Å². The third-order valence-corrected chi connectivity index (χ3v) is 3.39. The molecule has 0 radical (unpaired) electrons. The molecule has 0 amide bonds. The second-order valence-corrected chi connectivity index (χ2v) is 5.20. The van der Waals surface area contributed by atoms with Gasteiger partial charge in [0.1, 0.15) is 6.07 Å². The summed E-state index contributed by atoms with van der Waals surface area (Å²) in [6, 6.07) is 13.3. The summed E-state index contributed by atoms with van der Waals surface area (Å²) < 4.78 is 0.861. The van der Waals surface area contributed by atoms with E-state index in [0.717, 1.165) is 21.4 Å². The fourth-order valence-corrected chi connectivity index (χ4v) is 2.38. The molecule has 0 spiro atoms. The molecule has 0 saturated heterocycles. The van der Waals surface area contributed by atoms with Crippen molar-refractivity contribution in [1.82, 2.24) is 0 Å². The number of nitrogens with one attached hydrogen (secondary N) is 1.